The van der Waals surface area contributed by atoms with Crippen LogP contribution in [0.3, 0.4) is 0 Å². The van der Waals surface area contributed by atoms with E-state index in [0.29, 0.717) is 25.4 Å². The maximum absolute atomic E-state index is 11.7. The fraction of sp³-hybridized carbons (Fsp3) is 0.900. The van der Waals surface area contributed by atoms with Crippen LogP contribution in [0.15, 0.2) is 0 Å². The van der Waals surface area contributed by atoms with Crippen LogP contribution in [0.5, 0.6) is 0 Å². The van der Waals surface area contributed by atoms with Crippen molar-refractivity contribution >= 4 is 6.03 Å². The first kappa shape index (κ1) is 14.1. The maximum Gasteiger partial charge on any atom is 0.411 e. The highest BCUT2D eigenvalue weighted by atomic mass is 19.4. The molecule has 0 bridgehead atoms. The molecule has 0 aliphatic heterocycles. The first-order chi connectivity index (χ1) is 7.97. The van der Waals surface area contributed by atoms with Crippen LogP contribution < -0.4 is 10.6 Å². The van der Waals surface area contributed by atoms with E-state index in [1.165, 1.54) is 0 Å². The lowest BCUT2D eigenvalue weighted by Crippen LogP contribution is -2.37. The molecule has 0 spiro atoms. The smallest absolute Gasteiger partial charge is 0.372 e. The van der Waals surface area contributed by atoms with Gasteiger partial charge in [0.25, 0.3) is 0 Å². The third-order valence-electron chi connectivity index (χ3n) is 2.26. The highest BCUT2D eigenvalue weighted by Gasteiger charge is 2.27. The second kappa shape index (κ2) is 6.68. The molecule has 1 saturated carbocycles. The summed E-state index contributed by atoms with van der Waals surface area (Å²) in [7, 11) is 0. The van der Waals surface area contributed by atoms with Crippen molar-refractivity contribution in [3.63, 3.8) is 0 Å². The Morgan fingerprint density at radius 2 is 2.00 bits per heavy atom. The molecule has 0 heterocycles. The normalized spacial score (nSPS) is 15.7. The van der Waals surface area contributed by atoms with Gasteiger partial charge in [0, 0.05) is 19.7 Å². The van der Waals surface area contributed by atoms with Gasteiger partial charge in [0.15, 0.2) is 0 Å². The fourth-order valence-electron chi connectivity index (χ4n) is 1.19. The molecule has 0 aromatic heterocycles. The van der Waals surface area contributed by atoms with Gasteiger partial charge in [-0.1, -0.05) is 0 Å². The molecule has 0 saturated heterocycles. The van der Waals surface area contributed by atoms with Crippen LogP contribution in [0.4, 0.5) is 18.0 Å². The lowest BCUT2D eigenvalue weighted by molar-refractivity contribution is -0.173. The van der Waals surface area contributed by atoms with Crippen molar-refractivity contribution in [2.75, 3.05) is 26.3 Å². The van der Waals surface area contributed by atoms with Crippen molar-refractivity contribution in [3.05, 3.63) is 0 Å². The van der Waals surface area contributed by atoms with Gasteiger partial charge in [0.05, 0.1) is 0 Å². The average Bonchev–Trinajstić information content (AvgIpc) is 3.02. The minimum Gasteiger partial charge on any atom is -0.372 e. The minimum atomic E-state index is -4.28. The zero-order valence-corrected chi connectivity index (χ0v) is 9.48. The molecule has 7 heteroatoms. The number of rotatable bonds is 7. The SMILES string of the molecule is O=C(NCCCOCC(F)(F)F)NCC1CC1. The second-order valence-electron chi connectivity index (χ2n) is 4.10. The lowest BCUT2D eigenvalue weighted by Gasteiger charge is -2.08. The molecule has 0 unspecified atom stereocenters. The van der Waals surface area contributed by atoms with Crippen molar-refractivity contribution in [2.24, 2.45) is 5.92 Å². The third kappa shape index (κ3) is 8.79. The summed E-state index contributed by atoms with van der Waals surface area (Å²) in [4.78, 5) is 11.1. The number of amides is 2. The van der Waals surface area contributed by atoms with Crippen molar-refractivity contribution < 1.29 is 22.7 Å². The Kier molecular flexibility index (Phi) is 5.54. The van der Waals surface area contributed by atoms with Crippen LogP contribution in [-0.2, 0) is 4.74 Å². The number of carbonyl (C=O) groups excluding carboxylic acids is 1. The number of alkyl halides is 3. The summed E-state index contributed by atoms with van der Waals surface area (Å²) in [6, 6.07) is -0.271. The van der Waals surface area contributed by atoms with E-state index in [2.05, 4.69) is 15.4 Å². The van der Waals surface area contributed by atoms with Crippen LogP contribution in [0.1, 0.15) is 19.3 Å². The Morgan fingerprint density at radius 1 is 1.29 bits per heavy atom. The number of hydrogen-bond donors (Lipinski definition) is 2. The number of hydrogen-bond acceptors (Lipinski definition) is 2. The molecule has 1 rings (SSSR count). The Balaban J connectivity index is 1.84. The van der Waals surface area contributed by atoms with Crippen LogP contribution in [0, 0.1) is 5.92 Å². The van der Waals surface area contributed by atoms with Gasteiger partial charge in [-0.05, 0) is 25.2 Å². The topological polar surface area (TPSA) is 50.4 Å². The lowest BCUT2D eigenvalue weighted by atomic mass is 10.4. The summed E-state index contributed by atoms with van der Waals surface area (Å²) in [5.74, 6) is 0.607. The first-order valence-corrected chi connectivity index (χ1v) is 5.63. The van der Waals surface area contributed by atoms with Crippen molar-refractivity contribution in [3.8, 4) is 0 Å². The van der Waals surface area contributed by atoms with Gasteiger partial charge in [-0.25, -0.2) is 4.79 Å². The van der Waals surface area contributed by atoms with Crippen molar-refractivity contribution in [1.29, 1.82) is 0 Å². The molecule has 100 valence electrons. The number of carbonyl (C=O) groups is 1. The van der Waals surface area contributed by atoms with E-state index in [0.717, 1.165) is 12.8 Å². The second-order valence-corrected chi connectivity index (χ2v) is 4.10. The van der Waals surface area contributed by atoms with E-state index in [-0.39, 0.29) is 12.6 Å². The predicted molar refractivity (Wildman–Crippen MR) is 55.6 cm³/mol. The highest BCUT2D eigenvalue weighted by molar-refractivity contribution is 5.73. The Hall–Kier alpha value is -0.980. The predicted octanol–water partition coefficient (Wildman–Crippen LogP) is 1.66. The standard InChI is InChI=1S/C10H17F3N2O2/c11-10(12,13)7-17-5-1-4-14-9(16)15-6-8-2-3-8/h8H,1-7H2,(H2,14,15,16). The van der Waals surface area contributed by atoms with Gasteiger partial charge in [0.2, 0.25) is 0 Å². The Labute approximate surface area is 97.9 Å². The zero-order valence-electron chi connectivity index (χ0n) is 9.48. The summed E-state index contributed by atoms with van der Waals surface area (Å²) in [6.45, 7) is -0.256. The molecule has 0 aromatic carbocycles. The molecule has 17 heavy (non-hydrogen) atoms. The van der Waals surface area contributed by atoms with Crippen molar-refractivity contribution in [1.82, 2.24) is 10.6 Å². The largest absolute Gasteiger partial charge is 0.411 e. The molecule has 0 aromatic rings. The summed E-state index contributed by atoms with van der Waals surface area (Å²) in [5, 5.41) is 5.24. The molecule has 1 aliphatic rings. The van der Waals surface area contributed by atoms with E-state index in [1.807, 2.05) is 0 Å². The highest BCUT2D eigenvalue weighted by Crippen LogP contribution is 2.27. The van der Waals surface area contributed by atoms with E-state index in [1.54, 1.807) is 0 Å². The monoisotopic (exact) mass is 254 g/mol. The molecule has 4 nitrogen and oxygen atoms in total. The van der Waals surface area contributed by atoms with Gasteiger partial charge in [0.1, 0.15) is 6.61 Å². The van der Waals surface area contributed by atoms with Gasteiger partial charge < -0.3 is 15.4 Å². The average molecular weight is 254 g/mol. The fourth-order valence-corrected chi connectivity index (χ4v) is 1.19. The van der Waals surface area contributed by atoms with Crippen molar-refractivity contribution in [2.45, 2.75) is 25.4 Å². The zero-order chi connectivity index (χ0) is 12.7. The van der Waals surface area contributed by atoms with Crippen LogP contribution in [0.25, 0.3) is 0 Å². The Bertz CT molecular complexity index is 242. The number of urea groups is 1. The van der Waals surface area contributed by atoms with E-state index < -0.39 is 12.8 Å². The summed E-state index contributed by atoms with van der Waals surface area (Å²) in [5.41, 5.74) is 0. The first-order valence-electron chi connectivity index (χ1n) is 5.63. The minimum absolute atomic E-state index is 0.0115. The van der Waals surface area contributed by atoms with Gasteiger partial charge in [-0.3, -0.25) is 0 Å². The van der Waals surface area contributed by atoms with Crippen LogP contribution in [0.2, 0.25) is 0 Å². The van der Waals surface area contributed by atoms with Gasteiger partial charge in [-0.2, -0.15) is 13.2 Å². The molecule has 0 atom stereocenters. The molecule has 0 radical (unpaired) electrons. The molecule has 2 N–H and O–H groups in total. The molecular formula is C10H17F3N2O2. The quantitative estimate of drug-likeness (QED) is 0.679. The summed E-state index contributed by atoms with van der Waals surface area (Å²) in [6.07, 6.45) is -1.60. The number of halogens is 3. The summed E-state index contributed by atoms with van der Waals surface area (Å²) >= 11 is 0. The maximum atomic E-state index is 11.7. The van der Waals surface area contributed by atoms with E-state index in [4.69, 9.17) is 0 Å². The van der Waals surface area contributed by atoms with E-state index >= 15 is 0 Å². The molecular weight excluding hydrogens is 237 g/mol. The Morgan fingerprint density at radius 3 is 2.59 bits per heavy atom. The van der Waals surface area contributed by atoms with Gasteiger partial charge in [-0.15, -0.1) is 0 Å². The molecule has 2 amide bonds. The van der Waals surface area contributed by atoms with Gasteiger partial charge >= 0.3 is 12.2 Å². The number of ether oxygens (including phenoxy) is 1. The van der Waals surface area contributed by atoms with Crippen LogP contribution >= 0.6 is 0 Å². The molecule has 1 fully saturated rings. The van der Waals surface area contributed by atoms with Crippen LogP contribution in [-0.4, -0.2) is 38.5 Å². The third-order valence-corrected chi connectivity index (χ3v) is 2.26. The number of nitrogens with one attached hydrogen (secondary N) is 2. The van der Waals surface area contributed by atoms with E-state index in [9.17, 15) is 18.0 Å². The summed E-state index contributed by atoms with van der Waals surface area (Å²) < 4.78 is 39.4. The molecule has 1 aliphatic carbocycles.